The molecule has 0 atom stereocenters. The number of halogens is 2. The van der Waals surface area contributed by atoms with Gasteiger partial charge in [0.05, 0.1) is 4.47 Å². The number of hydrogen-bond acceptors (Lipinski definition) is 7. The first-order chi connectivity index (χ1) is 20.1. The number of Topliss-reactive ketones (excluding diaryl/α,β-unsaturated/α-hetero) is 2. The molecule has 0 unspecified atom stereocenters. The zero-order chi connectivity index (χ0) is 31.3. The second kappa shape index (κ2) is 11.9. The van der Waals surface area contributed by atoms with Gasteiger partial charge in [0.1, 0.15) is 4.90 Å². The Bertz CT molecular complexity index is 1590. The average molecular weight is 736 g/mol. The van der Waals surface area contributed by atoms with Gasteiger partial charge in [-0.2, -0.15) is 8.42 Å². The molecule has 2 aromatic rings. The molecule has 1 heterocycles. The van der Waals surface area contributed by atoms with Gasteiger partial charge in [-0.1, -0.05) is 61.8 Å². The number of nitrogens with zero attached hydrogens (tertiary/aromatic N) is 1. The van der Waals surface area contributed by atoms with Crippen LogP contribution in [0.2, 0.25) is 0 Å². The number of ketones is 2. The second-order valence-electron chi connectivity index (χ2n) is 13.2. The largest absolute Gasteiger partial charge is 0.385 e. The molecule has 2 aliphatic carbocycles. The first-order valence-electron chi connectivity index (χ1n) is 14.4. The molecule has 230 valence electrons. The van der Waals surface area contributed by atoms with Crippen molar-refractivity contribution >= 4 is 53.5 Å². The highest BCUT2D eigenvalue weighted by Crippen LogP contribution is 2.56. The van der Waals surface area contributed by atoms with E-state index in [1.807, 2.05) is 0 Å². The highest BCUT2D eigenvalue weighted by Gasteiger charge is 2.49. The third-order valence-corrected chi connectivity index (χ3v) is 10.6. The third-order valence-electron chi connectivity index (χ3n) is 8.33. The van der Waals surface area contributed by atoms with E-state index in [2.05, 4.69) is 64.5 Å². The maximum Gasteiger partial charge on any atom is 0.339 e. The molecule has 3 aliphatic rings. The van der Waals surface area contributed by atoms with E-state index in [1.54, 1.807) is 37.4 Å². The van der Waals surface area contributed by atoms with Crippen molar-refractivity contribution in [1.29, 1.82) is 0 Å². The summed E-state index contributed by atoms with van der Waals surface area (Å²) in [6, 6.07) is 11.4. The molecule has 1 aliphatic heterocycles. The summed E-state index contributed by atoms with van der Waals surface area (Å²) in [5, 5.41) is 0. The minimum absolute atomic E-state index is 0.00882. The molecule has 0 aromatic heterocycles. The maximum absolute atomic E-state index is 14.2. The molecule has 0 N–H and O–H groups in total. The van der Waals surface area contributed by atoms with Crippen LogP contribution >= 0.6 is 31.9 Å². The number of ether oxygens (including phenoxy) is 1. The number of hydrogen-bond donors (Lipinski definition) is 0. The standard InChI is InChI=1S/C33H37Br2NO6S/c1-32(2)16-24-29(26(37)18-32)28(30-25(36(24)12-9-13-41-5)17-33(3,4)19-27(30)38)22-14-20(34)15-23(35)31(22)42-43(39,40)21-10-7-6-8-11-21/h6-8,10-11,14-15,28H,9,12-13,16-19H2,1-5H3. The van der Waals surface area contributed by atoms with Crippen LogP contribution in [0.5, 0.6) is 5.75 Å². The van der Waals surface area contributed by atoms with E-state index in [4.69, 9.17) is 8.92 Å². The summed E-state index contributed by atoms with van der Waals surface area (Å²) in [7, 11) is -2.57. The molecule has 0 fully saturated rings. The molecule has 0 bridgehead atoms. The van der Waals surface area contributed by atoms with Gasteiger partial charge in [-0.05, 0) is 70.3 Å². The van der Waals surface area contributed by atoms with E-state index in [0.29, 0.717) is 64.5 Å². The number of allylic oxidation sites excluding steroid dienone is 4. The van der Waals surface area contributed by atoms with Crippen molar-refractivity contribution in [2.45, 2.75) is 70.6 Å². The van der Waals surface area contributed by atoms with Crippen LogP contribution in [-0.4, -0.2) is 45.1 Å². The van der Waals surface area contributed by atoms with Crippen LogP contribution in [0.3, 0.4) is 0 Å². The molecule has 0 spiro atoms. The van der Waals surface area contributed by atoms with Crippen LogP contribution < -0.4 is 4.18 Å². The zero-order valence-electron chi connectivity index (χ0n) is 25.1. The van der Waals surface area contributed by atoms with Crippen molar-refractivity contribution in [2.75, 3.05) is 20.3 Å². The van der Waals surface area contributed by atoms with Gasteiger partial charge in [0.2, 0.25) is 0 Å². The molecule has 7 nitrogen and oxygen atoms in total. The van der Waals surface area contributed by atoms with Crippen molar-refractivity contribution in [1.82, 2.24) is 4.90 Å². The van der Waals surface area contributed by atoms with Crippen molar-refractivity contribution in [3.63, 3.8) is 0 Å². The van der Waals surface area contributed by atoms with Gasteiger partial charge in [-0.15, -0.1) is 0 Å². The lowest BCUT2D eigenvalue weighted by Gasteiger charge is -2.49. The molecule has 5 rings (SSSR count). The Morgan fingerprint density at radius 1 is 0.884 bits per heavy atom. The van der Waals surface area contributed by atoms with Crippen LogP contribution in [0.25, 0.3) is 0 Å². The van der Waals surface area contributed by atoms with Crippen molar-refractivity contribution in [3.05, 3.63) is 79.5 Å². The Kier molecular flexibility index (Phi) is 8.90. The maximum atomic E-state index is 14.2. The Balaban J connectivity index is 1.78. The van der Waals surface area contributed by atoms with Gasteiger partial charge in [0.25, 0.3) is 0 Å². The lowest BCUT2D eigenvalue weighted by Crippen LogP contribution is -2.45. The van der Waals surface area contributed by atoms with E-state index >= 15 is 0 Å². The number of benzene rings is 2. The van der Waals surface area contributed by atoms with Crippen molar-refractivity contribution in [2.24, 2.45) is 10.8 Å². The fourth-order valence-electron chi connectivity index (χ4n) is 6.62. The molecular weight excluding hydrogens is 698 g/mol. The van der Waals surface area contributed by atoms with Gasteiger partial charge in [-0.3, -0.25) is 9.59 Å². The van der Waals surface area contributed by atoms with Crippen LogP contribution in [0, 0.1) is 10.8 Å². The Labute approximate surface area is 271 Å². The fourth-order valence-corrected chi connectivity index (χ4v) is 9.06. The molecule has 10 heteroatoms. The van der Waals surface area contributed by atoms with Gasteiger partial charge in [0.15, 0.2) is 17.3 Å². The van der Waals surface area contributed by atoms with Gasteiger partial charge in [0, 0.05) is 71.6 Å². The zero-order valence-corrected chi connectivity index (χ0v) is 29.1. The highest BCUT2D eigenvalue weighted by atomic mass is 79.9. The Morgan fingerprint density at radius 3 is 1.98 bits per heavy atom. The summed E-state index contributed by atoms with van der Waals surface area (Å²) in [6.07, 6.45) is 2.67. The molecule has 0 saturated carbocycles. The second-order valence-corrected chi connectivity index (χ2v) is 16.5. The van der Waals surface area contributed by atoms with E-state index in [0.717, 1.165) is 17.8 Å². The van der Waals surface area contributed by atoms with Gasteiger partial charge < -0.3 is 13.8 Å². The average Bonchev–Trinajstić information content (AvgIpc) is 2.89. The van der Waals surface area contributed by atoms with E-state index < -0.39 is 16.0 Å². The molecule has 0 radical (unpaired) electrons. The summed E-state index contributed by atoms with van der Waals surface area (Å²) in [5.74, 6) is -0.778. The smallest absolute Gasteiger partial charge is 0.339 e. The first kappa shape index (κ1) is 32.1. The summed E-state index contributed by atoms with van der Waals surface area (Å²) < 4.78 is 39.3. The normalized spacial score (nSPS) is 20.3. The van der Waals surface area contributed by atoms with Crippen LogP contribution in [0.1, 0.15) is 71.3 Å². The molecule has 0 saturated heterocycles. The van der Waals surface area contributed by atoms with E-state index in [9.17, 15) is 18.0 Å². The fraction of sp³-hybridized carbons (Fsp3) is 0.455. The number of rotatable bonds is 8. The van der Waals surface area contributed by atoms with E-state index in [1.165, 1.54) is 12.1 Å². The number of carbonyl (C=O) groups is 2. The molecule has 43 heavy (non-hydrogen) atoms. The lowest BCUT2D eigenvalue weighted by molar-refractivity contribution is -0.119. The Hall–Kier alpha value is -2.27. The minimum atomic E-state index is -4.23. The minimum Gasteiger partial charge on any atom is -0.385 e. The van der Waals surface area contributed by atoms with Gasteiger partial charge in [-0.25, -0.2) is 0 Å². The SMILES string of the molecule is COCCCN1C2=C(C(=O)CC(C)(C)C2)C(c2cc(Br)cc(Br)c2OS(=O)(=O)c2ccccc2)C2=C1CC(C)(C)CC2=O. The monoisotopic (exact) mass is 733 g/mol. The summed E-state index contributed by atoms with van der Waals surface area (Å²) in [5.41, 5.74) is 2.81. The van der Waals surface area contributed by atoms with E-state index in [-0.39, 0.29) is 33.0 Å². The number of methoxy groups -OCH3 is 1. The predicted molar refractivity (Wildman–Crippen MR) is 172 cm³/mol. The van der Waals surface area contributed by atoms with Crippen LogP contribution in [-0.2, 0) is 24.4 Å². The van der Waals surface area contributed by atoms with Crippen molar-refractivity contribution in [3.8, 4) is 5.75 Å². The summed E-state index contributed by atoms with van der Waals surface area (Å²) in [4.78, 5) is 30.6. The van der Waals surface area contributed by atoms with Crippen molar-refractivity contribution < 1.29 is 26.9 Å². The molecular formula is C33H37Br2NO6S. The highest BCUT2D eigenvalue weighted by molar-refractivity contribution is 9.11. The van der Waals surface area contributed by atoms with Gasteiger partial charge >= 0.3 is 10.1 Å². The third kappa shape index (κ3) is 6.44. The quantitative estimate of drug-likeness (QED) is 0.203. The first-order valence-corrected chi connectivity index (χ1v) is 17.4. The van der Waals surface area contributed by atoms with Crippen LogP contribution in [0.15, 0.2) is 78.8 Å². The topological polar surface area (TPSA) is 90.0 Å². The summed E-state index contributed by atoms with van der Waals surface area (Å²) >= 11 is 7.11. The molecule has 0 amide bonds. The predicted octanol–water partition coefficient (Wildman–Crippen LogP) is 7.70. The number of carbonyl (C=O) groups excluding carboxylic acids is 2. The summed E-state index contributed by atoms with van der Waals surface area (Å²) in [6.45, 7) is 9.52. The Morgan fingerprint density at radius 2 is 1.44 bits per heavy atom. The molecule has 2 aromatic carbocycles. The lowest BCUT2D eigenvalue weighted by atomic mass is 9.63. The van der Waals surface area contributed by atoms with Crippen LogP contribution in [0.4, 0.5) is 0 Å².